The second-order valence-corrected chi connectivity index (χ2v) is 12.4. The van der Waals surface area contributed by atoms with Crippen molar-refractivity contribution in [2.24, 2.45) is 0 Å². The first kappa shape index (κ1) is 28.5. The number of hydrogen-bond acceptors (Lipinski definition) is 5. The van der Waals surface area contributed by atoms with Crippen molar-refractivity contribution in [2.45, 2.75) is 0 Å². The quantitative estimate of drug-likeness (QED) is 0.118. The Morgan fingerprint density at radius 2 is 0.755 bits per heavy atom. The maximum absolute atomic E-state index is 13.1. The third kappa shape index (κ3) is 5.14. The SMILES string of the molecule is Nc1ccc2cc(-c3ccc(-c4ccc(-c5ccc(-c6cc7cc8cc9ccccc9cc8cc7oc6=O)cc5)cc4)cc3)c(=O)oc2c1. The predicted molar refractivity (Wildman–Crippen MR) is 200 cm³/mol. The van der Waals surface area contributed by atoms with Crippen LogP contribution in [-0.2, 0) is 0 Å². The molecule has 5 nitrogen and oxygen atoms in total. The van der Waals surface area contributed by atoms with Crippen molar-refractivity contribution < 1.29 is 8.83 Å². The van der Waals surface area contributed by atoms with Gasteiger partial charge in [0, 0.05) is 22.5 Å². The van der Waals surface area contributed by atoms with Crippen LogP contribution in [0.5, 0.6) is 0 Å². The molecular weight excluding hydrogens is 606 g/mol. The average Bonchev–Trinajstić information content (AvgIpc) is 3.13. The summed E-state index contributed by atoms with van der Waals surface area (Å²) in [5, 5.41) is 6.17. The number of benzene rings is 7. The van der Waals surface area contributed by atoms with Crippen LogP contribution in [0.25, 0.3) is 88.0 Å². The number of nitrogens with two attached hydrogens (primary N) is 1. The van der Waals surface area contributed by atoms with Crippen molar-refractivity contribution in [1.82, 2.24) is 0 Å². The molecule has 5 heteroatoms. The number of hydrogen-bond donors (Lipinski definition) is 1. The zero-order valence-electron chi connectivity index (χ0n) is 26.1. The second-order valence-electron chi connectivity index (χ2n) is 12.4. The van der Waals surface area contributed by atoms with E-state index in [0.717, 1.165) is 60.3 Å². The lowest BCUT2D eigenvalue weighted by Crippen LogP contribution is -2.02. The normalized spacial score (nSPS) is 11.5. The topological polar surface area (TPSA) is 86.4 Å². The summed E-state index contributed by atoms with van der Waals surface area (Å²) in [6, 6.07) is 49.9. The van der Waals surface area contributed by atoms with Gasteiger partial charge in [-0.25, -0.2) is 9.59 Å². The summed E-state index contributed by atoms with van der Waals surface area (Å²) in [4.78, 5) is 25.8. The molecule has 9 rings (SSSR count). The van der Waals surface area contributed by atoms with E-state index in [-0.39, 0.29) is 5.63 Å². The van der Waals surface area contributed by atoms with E-state index in [2.05, 4.69) is 54.6 Å². The molecule has 0 spiro atoms. The van der Waals surface area contributed by atoms with E-state index >= 15 is 0 Å². The van der Waals surface area contributed by atoms with Gasteiger partial charge in [0.05, 0.1) is 11.1 Å². The number of nitrogen functional groups attached to an aromatic ring is 1. The van der Waals surface area contributed by atoms with Crippen LogP contribution < -0.4 is 17.0 Å². The van der Waals surface area contributed by atoms with Gasteiger partial charge >= 0.3 is 11.3 Å². The average molecular weight is 634 g/mol. The van der Waals surface area contributed by atoms with Crippen molar-refractivity contribution in [1.29, 1.82) is 0 Å². The van der Waals surface area contributed by atoms with Crippen molar-refractivity contribution in [2.75, 3.05) is 5.73 Å². The molecule has 0 atom stereocenters. The summed E-state index contributed by atoms with van der Waals surface area (Å²) in [6.07, 6.45) is 0. The van der Waals surface area contributed by atoms with Gasteiger partial charge in [0.1, 0.15) is 11.2 Å². The first-order valence-electron chi connectivity index (χ1n) is 16.0. The van der Waals surface area contributed by atoms with E-state index in [1.165, 1.54) is 5.39 Å². The van der Waals surface area contributed by atoms with E-state index in [1.54, 1.807) is 12.1 Å². The third-order valence-corrected chi connectivity index (χ3v) is 9.26. The third-order valence-electron chi connectivity index (χ3n) is 9.26. The highest BCUT2D eigenvalue weighted by Gasteiger charge is 2.12. The molecule has 0 aliphatic carbocycles. The molecule has 2 aromatic heterocycles. The molecule has 7 aromatic carbocycles. The standard InChI is InChI=1S/C44H27NO4/c45-38-18-17-34-22-39(43(46)49-42(34)25-38)30-13-9-28(10-14-30)26-5-7-27(8-6-26)29-11-15-31(16-12-29)40-23-37-21-35-19-32-3-1-2-4-33(32)20-36(35)24-41(37)48-44(40)47/h1-25H,45H2. The van der Waals surface area contributed by atoms with Crippen molar-refractivity contribution in [3.8, 4) is 44.5 Å². The molecule has 0 saturated heterocycles. The highest BCUT2D eigenvalue weighted by Crippen LogP contribution is 2.31. The molecule has 9 aromatic rings. The van der Waals surface area contributed by atoms with Gasteiger partial charge in [-0.3, -0.25) is 0 Å². The van der Waals surface area contributed by atoms with E-state index in [9.17, 15) is 9.59 Å². The molecule has 0 unspecified atom stereocenters. The fourth-order valence-electron chi connectivity index (χ4n) is 6.63. The Bertz CT molecular complexity index is 2850. The van der Waals surface area contributed by atoms with Crippen LogP contribution in [0.2, 0.25) is 0 Å². The minimum absolute atomic E-state index is 0.359. The summed E-state index contributed by atoms with van der Waals surface area (Å²) in [6.45, 7) is 0. The Hall–Kier alpha value is -6.72. The van der Waals surface area contributed by atoms with Gasteiger partial charge < -0.3 is 14.6 Å². The van der Waals surface area contributed by atoms with Crippen molar-refractivity contribution in [3.63, 3.8) is 0 Å². The minimum atomic E-state index is -0.398. The summed E-state index contributed by atoms with van der Waals surface area (Å²) in [7, 11) is 0. The van der Waals surface area contributed by atoms with Crippen LogP contribution >= 0.6 is 0 Å². The van der Waals surface area contributed by atoms with E-state index in [1.807, 2.05) is 84.9 Å². The lowest BCUT2D eigenvalue weighted by atomic mass is 9.97. The Balaban J connectivity index is 0.966. The lowest BCUT2D eigenvalue weighted by molar-refractivity contribution is 0.563. The first-order chi connectivity index (χ1) is 23.9. The van der Waals surface area contributed by atoms with Gasteiger partial charge in [0.2, 0.25) is 0 Å². The van der Waals surface area contributed by atoms with Gasteiger partial charge in [-0.05, 0) is 103 Å². The smallest absolute Gasteiger partial charge is 0.344 e. The molecule has 0 aliphatic heterocycles. The fraction of sp³-hybridized carbons (Fsp3) is 0. The summed E-state index contributed by atoms with van der Waals surface area (Å²) in [5.41, 5.74) is 13.5. The fourth-order valence-corrected chi connectivity index (χ4v) is 6.63. The summed E-state index contributed by atoms with van der Waals surface area (Å²) >= 11 is 0. The van der Waals surface area contributed by atoms with Crippen LogP contribution in [0.3, 0.4) is 0 Å². The van der Waals surface area contributed by atoms with Gasteiger partial charge in [-0.2, -0.15) is 0 Å². The number of fused-ring (bicyclic) bond motifs is 4. The molecule has 0 radical (unpaired) electrons. The highest BCUT2D eigenvalue weighted by atomic mass is 16.4. The summed E-state index contributed by atoms with van der Waals surface area (Å²) < 4.78 is 11.3. The van der Waals surface area contributed by atoms with Gasteiger partial charge in [-0.1, -0.05) is 97.1 Å². The zero-order chi connectivity index (χ0) is 33.1. The van der Waals surface area contributed by atoms with E-state index in [0.29, 0.717) is 28.0 Å². The van der Waals surface area contributed by atoms with E-state index < -0.39 is 5.63 Å². The number of anilines is 1. The highest BCUT2D eigenvalue weighted by molar-refractivity contribution is 6.04. The van der Waals surface area contributed by atoms with Crippen molar-refractivity contribution >= 4 is 49.2 Å². The minimum Gasteiger partial charge on any atom is -0.422 e. The second kappa shape index (κ2) is 11.2. The van der Waals surface area contributed by atoms with Crippen LogP contribution in [0.15, 0.2) is 170 Å². The van der Waals surface area contributed by atoms with Gasteiger partial charge in [-0.15, -0.1) is 0 Å². The Morgan fingerprint density at radius 3 is 1.27 bits per heavy atom. The molecular formula is C44H27NO4. The largest absolute Gasteiger partial charge is 0.422 e. The molecule has 2 heterocycles. The Kier molecular flexibility index (Phi) is 6.52. The lowest BCUT2D eigenvalue weighted by Gasteiger charge is -2.08. The van der Waals surface area contributed by atoms with Gasteiger partial charge in [0.25, 0.3) is 0 Å². The summed E-state index contributed by atoms with van der Waals surface area (Å²) in [5.74, 6) is 0. The maximum atomic E-state index is 13.1. The Labute approximate surface area is 280 Å². The Morgan fingerprint density at radius 1 is 0.347 bits per heavy atom. The molecule has 0 amide bonds. The molecule has 232 valence electrons. The first-order valence-corrected chi connectivity index (χ1v) is 16.0. The van der Waals surface area contributed by atoms with Crippen LogP contribution in [0, 0.1) is 0 Å². The van der Waals surface area contributed by atoms with E-state index in [4.69, 9.17) is 14.6 Å². The van der Waals surface area contributed by atoms with Crippen LogP contribution in [0.4, 0.5) is 5.69 Å². The number of rotatable bonds is 4. The maximum Gasteiger partial charge on any atom is 0.344 e. The van der Waals surface area contributed by atoms with Crippen LogP contribution in [0.1, 0.15) is 0 Å². The molecule has 0 saturated carbocycles. The molecule has 0 fully saturated rings. The van der Waals surface area contributed by atoms with Crippen molar-refractivity contribution in [3.05, 3.63) is 172 Å². The molecule has 0 bridgehead atoms. The monoisotopic (exact) mass is 633 g/mol. The molecule has 0 aliphatic rings. The molecule has 49 heavy (non-hydrogen) atoms. The zero-order valence-corrected chi connectivity index (χ0v) is 26.1. The predicted octanol–water partition coefficient (Wildman–Crippen LogP) is 10.5. The molecule has 2 N–H and O–H groups in total. The van der Waals surface area contributed by atoms with Gasteiger partial charge in [0.15, 0.2) is 0 Å². The van der Waals surface area contributed by atoms with Crippen LogP contribution in [-0.4, -0.2) is 0 Å².